The Labute approximate surface area is 117 Å². The van der Waals surface area contributed by atoms with E-state index in [1.807, 2.05) is 25.2 Å². The molecule has 0 aromatic carbocycles. The Morgan fingerprint density at radius 3 is 2.75 bits per heavy atom. The van der Waals surface area contributed by atoms with Gasteiger partial charge in [0, 0.05) is 24.4 Å². The molecule has 1 aromatic rings. The molecular weight excluding hydrogens is 265 g/mol. The Morgan fingerprint density at radius 2 is 2.15 bits per heavy atom. The number of aromatic nitrogens is 1. The standard InChI is InChI=1S/C15H21F3N2/c1-19-14(10-13-7-2-3-8-20-13)11-5-4-6-12(9-11)15(16,17)18/h2-3,7-8,11-12,14,19H,4-6,9-10H2,1H3. The Kier molecular flexibility index (Phi) is 5.02. The second-order valence-electron chi connectivity index (χ2n) is 5.59. The number of alkyl halides is 3. The molecule has 0 amide bonds. The first-order chi connectivity index (χ1) is 9.50. The fraction of sp³-hybridized carbons (Fsp3) is 0.667. The lowest BCUT2D eigenvalue weighted by Crippen LogP contribution is -2.40. The molecule has 3 atom stereocenters. The molecular formula is C15H21F3N2. The molecule has 1 aliphatic carbocycles. The summed E-state index contributed by atoms with van der Waals surface area (Å²) in [7, 11) is 1.82. The summed E-state index contributed by atoms with van der Waals surface area (Å²) >= 11 is 0. The van der Waals surface area contributed by atoms with Crippen molar-refractivity contribution in [2.24, 2.45) is 11.8 Å². The van der Waals surface area contributed by atoms with Crippen LogP contribution in [0.1, 0.15) is 31.4 Å². The molecule has 1 N–H and O–H groups in total. The monoisotopic (exact) mass is 286 g/mol. The molecule has 0 saturated heterocycles. The van der Waals surface area contributed by atoms with Gasteiger partial charge < -0.3 is 5.32 Å². The van der Waals surface area contributed by atoms with E-state index >= 15 is 0 Å². The van der Waals surface area contributed by atoms with Gasteiger partial charge in [0.05, 0.1) is 5.92 Å². The molecule has 3 unspecified atom stereocenters. The third kappa shape index (κ3) is 3.95. The molecule has 1 heterocycles. The lowest BCUT2D eigenvalue weighted by molar-refractivity contribution is -0.186. The van der Waals surface area contributed by atoms with E-state index in [2.05, 4.69) is 10.3 Å². The fourth-order valence-corrected chi connectivity index (χ4v) is 3.14. The van der Waals surface area contributed by atoms with Gasteiger partial charge in [0.15, 0.2) is 0 Å². The topological polar surface area (TPSA) is 24.9 Å². The molecule has 1 saturated carbocycles. The van der Waals surface area contributed by atoms with Crippen molar-refractivity contribution < 1.29 is 13.2 Å². The number of halogens is 3. The minimum Gasteiger partial charge on any atom is -0.316 e. The first-order valence-corrected chi connectivity index (χ1v) is 7.14. The molecule has 112 valence electrons. The van der Waals surface area contributed by atoms with Crippen molar-refractivity contribution in [3.8, 4) is 0 Å². The van der Waals surface area contributed by atoms with Crippen molar-refractivity contribution in [3.05, 3.63) is 30.1 Å². The van der Waals surface area contributed by atoms with Crippen molar-refractivity contribution in [1.29, 1.82) is 0 Å². The maximum Gasteiger partial charge on any atom is 0.391 e. The van der Waals surface area contributed by atoms with Gasteiger partial charge in [0.2, 0.25) is 0 Å². The van der Waals surface area contributed by atoms with Crippen LogP contribution in [-0.2, 0) is 6.42 Å². The number of nitrogens with zero attached hydrogens (tertiary/aromatic N) is 1. The SMILES string of the molecule is CNC(Cc1ccccn1)C1CCCC(C(F)(F)F)C1. The fourth-order valence-electron chi connectivity index (χ4n) is 3.14. The van der Waals surface area contributed by atoms with Crippen LogP contribution in [0.3, 0.4) is 0 Å². The first kappa shape index (κ1) is 15.3. The molecule has 20 heavy (non-hydrogen) atoms. The van der Waals surface area contributed by atoms with E-state index in [9.17, 15) is 13.2 Å². The van der Waals surface area contributed by atoms with Gasteiger partial charge in [-0.3, -0.25) is 4.98 Å². The van der Waals surface area contributed by atoms with Crippen LogP contribution in [0.5, 0.6) is 0 Å². The van der Waals surface area contributed by atoms with E-state index in [1.54, 1.807) is 6.20 Å². The maximum atomic E-state index is 12.9. The van der Waals surface area contributed by atoms with Crippen LogP contribution in [-0.4, -0.2) is 24.2 Å². The van der Waals surface area contributed by atoms with Crippen LogP contribution in [0.25, 0.3) is 0 Å². The van der Waals surface area contributed by atoms with Crippen LogP contribution in [0.2, 0.25) is 0 Å². The summed E-state index contributed by atoms with van der Waals surface area (Å²) in [6.45, 7) is 0. The summed E-state index contributed by atoms with van der Waals surface area (Å²) in [4.78, 5) is 4.27. The molecule has 0 spiro atoms. The molecule has 1 fully saturated rings. The minimum atomic E-state index is -4.05. The first-order valence-electron chi connectivity index (χ1n) is 7.14. The molecule has 1 aliphatic rings. The highest BCUT2D eigenvalue weighted by atomic mass is 19.4. The maximum absolute atomic E-state index is 12.9. The second-order valence-corrected chi connectivity index (χ2v) is 5.59. The predicted molar refractivity (Wildman–Crippen MR) is 72.3 cm³/mol. The number of pyridine rings is 1. The van der Waals surface area contributed by atoms with Gasteiger partial charge in [0.25, 0.3) is 0 Å². The van der Waals surface area contributed by atoms with Gasteiger partial charge >= 0.3 is 6.18 Å². The summed E-state index contributed by atoms with van der Waals surface area (Å²) in [5.74, 6) is -1.07. The smallest absolute Gasteiger partial charge is 0.316 e. The average Bonchev–Trinajstić information content (AvgIpc) is 2.45. The van der Waals surface area contributed by atoms with Crippen molar-refractivity contribution in [2.75, 3.05) is 7.05 Å². The molecule has 0 bridgehead atoms. The van der Waals surface area contributed by atoms with Crippen LogP contribution in [0.15, 0.2) is 24.4 Å². The Balaban J connectivity index is 2.00. The normalized spacial score (nSPS) is 25.4. The van der Waals surface area contributed by atoms with Crippen LogP contribution in [0, 0.1) is 11.8 Å². The van der Waals surface area contributed by atoms with Gasteiger partial charge in [0.1, 0.15) is 0 Å². The van der Waals surface area contributed by atoms with Gasteiger partial charge in [-0.05, 0) is 44.4 Å². The molecule has 0 aliphatic heterocycles. The molecule has 5 heteroatoms. The predicted octanol–water partition coefficient (Wildman–Crippen LogP) is 3.58. The van der Waals surface area contributed by atoms with E-state index in [-0.39, 0.29) is 24.8 Å². The highest BCUT2D eigenvalue weighted by molar-refractivity contribution is 5.06. The van der Waals surface area contributed by atoms with Crippen molar-refractivity contribution >= 4 is 0 Å². The summed E-state index contributed by atoms with van der Waals surface area (Å²) in [5, 5.41) is 3.18. The van der Waals surface area contributed by atoms with E-state index < -0.39 is 12.1 Å². The zero-order chi connectivity index (χ0) is 14.6. The lowest BCUT2D eigenvalue weighted by Gasteiger charge is -2.35. The Morgan fingerprint density at radius 1 is 1.35 bits per heavy atom. The van der Waals surface area contributed by atoms with Gasteiger partial charge in [-0.2, -0.15) is 13.2 Å². The third-order valence-electron chi connectivity index (χ3n) is 4.27. The van der Waals surface area contributed by atoms with Crippen molar-refractivity contribution in [3.63, 3.8) is 0 Å². The van der Waals surface area contributed by atoms with E-state index in [4.69, 9.17) is 0 Å². The van der Waals surface area contributed by atoms with Crippen LogP contribution in [0.4, 0.5) is 13.2 Å². The zero-order valence-electron chi connectivity index (χ0n) is 11.7. The Hall–Kier alpha value is -1.10. The number of hydrogen-bond acceptors (Lipinski definition) is 2. The van der Waals surface area contributed by atoms with Crippen molar-refractivity contribution in [1.82, 2.24) is 10.3 Å². The van der Waals surface area contributed by atoms with E-state index in [1.165, 1.54) is 0 Å². The molecule has 2 nitrogen and oxygen atoms in total. The highest BCUT2D eigenvalue weighted by Crippen LogP contribution is 2.41. The summed E-state index contributed by atoms with van der Waals surface area (Å²) in [5.41, 5.74) is 0.931. The van der Waals surface area contributed by atoms with E-state index in [0.717, 1.165) is 12.1 Å². The largest absolute Gasteiger partial charge is 0.391 e. The number of likely N-dealkylation sites (N-methyl/N-ethyl adjacent to an activating group) is 1. The molecule has 2 rings (SSSR count). The minimum absolute atomic E-state index is 0.0649. The molecule has 1 aromatic heterocycles. The lowest BCUT2D eigenvalue weighted by atomic mass is 9.76. The highest BCUT2D eigenvalue weighted by Gasteiger charge is 2.43. The van der Waals surface area contributed by atoms with Gasteiger partial charge in [-0.25, -0.2) is 0 Å². The van der Waals surface area contributed by atoms with Crippen molar-refractivity contribution in [2.45, 2.75) is 44.3 Å². The third-order valence-corrected chi connectivity index (χ3v) is 4.27. The number of nitrogens with one attached hydrogen (secondary N) is 1. The van der Waals surface area contributed by atoms with Gasteiger partial charge in [-0.15, -0.1) is 0 Å². The number of hydrogen-bond donors (Lipinski definition) is 1. The zero-order valence-corrected chi connectivity index (χ0v) is 11.7. The Bertz CT molecular complexity index is 405. The average molecular weight is 286 g/mol. The second kappa shape index (κ2) is 6.57. The molecule has 0 radical (unpaired) electrons. The van der Waals surface area contributed by atoms with Crippen LogP contribution < -0.4 is 5.32 Å². The summed E-state index contributed by atoms with van der Waals surface area (Å²) in [6, 6.07) is 5.75. The van der Waals surface area contributed by atoms with Crippen LogP contribution >= 0.6 is 0 Å². The summed E-state index contributed by atoms with van der Waals surface area (Å²) < 4.78 is 38.6. The van der Waals surface area contributed by atoms with Gasteiger partial charge in [-0.1, -0.05) is 12.5 Å². The van der Waals surface area contributed by atoms with E-state index in [0.29, 0.717) is 12.8 Å². The number of rotatable bonds is 4. The summed E-state index contributed by atoms with van der Waals surface area (Å²) in [6.07, 6.45) is 0.401. The quantitative estimate of drug-likeness (QED) is 0.915.